The Hall–Kier alpha value is -3.67. The molecule has 0 rings (SSSR count). The highest BCUT2D eigenvalue weighted by Gasteiger charge is 2.19. The molecular formula is C60H100O6. The fourth-order valence-electron chi connectivity index (χ4n) is 7.24. The first-order valence-corrected chi connectivity index (χ1v) is 27.2. The van der Waals surface area contributed by atoms with Gasteiger partial charge in [0.25, 0.3) is 0 Å². The molecule has 0 aromatic carbocycles. The summed E-state index contributed by atoms with van der Waals surface area (Å²) in [5, 5.41) is 0. The van der Waals surface area contributed by atoms with E-state index in [-0.39, 0.29) is 31.1 Å². The Balaban J connectivity index is 4.19. The largest absolute Gasteiger partial charge is 0.462 e. The number of ether oxygens (including phenoxy) is 3. The van der Waals surface area contributed by atoms with Crippen LogP contribution in [0.1, 0.15) is 245 Å². The van der Waals surface area contributed by atoms with E-state index in [9.17, 15) is 14.4 Å². The van der Waals surface area contributed by atoms with E-state index >= 15 is 0 Å². The van der Waals surface area contributed by atoms with E-state index in [0.29, 0.717) is 19.3 Å². The van der Waals surface area contributed by atoms with Crippen molar-refractivity contribution in [2.45, 2.75) is 252 Å². The van der Waals surface area contributed by atoms with Crippen LogP contribution in [0.5, 0.6) is 0 Å². The SMILES string of the molecule is CC/C=C\C/C=C\C/C=C\C/C=C\C/C=C\C/C=C\C/C=C\CCCCCCCC(=O)OCC(COC(=O)CCCCCCC)OC(=O)CCCCCCC/C=C\CCCCCCCCC. The van der Waals surface area contributed by atoms with Gasteiger partial charge in [-0.25, -0.2) is 0 Å². The second-order valence-electron chi connectivity index (χ2n) is 17.8. The number of carbonyl (C=O) groups is 3. The summed E-state index contributed by atoms with van der Waals surface area (Å²) < 4.78 is 16.7. The molecule has 6 heteroatoms. The lowest BCUT2D eigenvalue weighted by Crippen LogP contribution is -2.30. The maximum Gasteiger partial charge on any atom is 0.306 e. The molecule has 0 N–H and O–H groups in total. The average molecular weight is 917 g/mol. The topological polar surface area (TPSA) is 78.9 Å². The lowest BCUT2D eigenvalue weighted by atomic mass is 10.1. The van der Waals surface area contributed by atoms with E-state index in [1.165, 1.54) is 64.2 Å². The van der Waals surface area contributed by atoms with Crippen LogP contribution in [0.4, 0.5) is 0 Å². The number of unbranched alkanes of at least 4 members (excludes halogenated alkanes) is 21. The Kier molecular flexibility index (Phi) is 50.9. The molecule has 66 heavy (non-hydrogen) atoms. The Morgan fingerprint density at radius 3 is 0.939 bits per heavy atom. The van der Waals surface area contributed by atoms with Crippen LogP contribution in [0, 0.1) is 0 Å². The summed E-state index contributed by atoms with van der Waals surface area (Å²) in [4.78, 5) is 37.7. The molecule has 0 aromatic rings. The molecule has 0 aliphatic carbocycles. The first-order chi connectivity index (χ1) is 32.5. The van der Waals surface area contributed by atoms with Gasteiger partial charge in [0.15, 0.2) is 6.10 Å². The summed E-state index contributed by atoms with van der Waals surface area (Å²) >= 11 is 0. The van der Waals surface area contributed by atoms with Gasteiger partial charge in [0.1, 0.15) is 13.2 Å². The number of esters is 3. The summed E-state index contributed by atoms with van der Waals surface area (Å²) in [5.41, 5.74) is 0. The van der Waals surface area contributed by atoms with Gasteiger partial charge in [-0.15, -0.1) is 0 Å². The number of carbonyl (C=O) groups excluding carboxylic acids is 3. The average Bonchev–Trinajstić information content (AvgIpc) is 3.31. The second kappa shape index (κ2) is 53.9. The summed E-state index contributed by atoms with van der Waals surface area (Å²) in [6.07, 6.45) is 71.5. The van der Waals surface area contributed by atoms with Gasteiger partial charge in [-0.2, -0.15) is 0 Å². The van der Waals surface area contributed by atoms with Crippen molar-refractivity contribution >= 4 is 17.9 Å². The monoisotopic (exact) mass is 917 g/mol. The highest BCUT2D eigenvalue weighted by atomic mass is 16.6. The molecule has 0 bridgehead atoms. The molecule has 0 saturated heterocycles. The van der Waals surface area contributed by atoms with E-state index in [1.54, 1.807) is 0 Å². The number of hydrogen-bond acceptors (Lipinski definition) is 6. The lowest BCUT2D eigenvalue weighted by molar-refractivity contribution is -0.167. The van der Waals surface area contributed by atoms with Gasteiger partial charge >= 0.3 is 17.9 Å². The molecule has 0 fully saturated rings. The third kappa shape index (κ3) is 51.3. The van der Waals surface area contributed by atoms with Crippen molar-refractivity contribution < 1.29 is 28.6 Å². The molecule has 0 aliphatic rings. The molecule has 0 aromatic heterocycles. The molecule has 376 valence electrons. The van der Waals surface area contributed by atoms with Gasteiger partial charge in [-0.3, -0.25) is 14.4 Å². The summed E-state index contributed by atoms with van der Waals surface area (Å²) in [5.74, 6) is -0.932. The molecule has 0 aliphatic heterocycles. The molecule has 0 saturated carbocycles. The number of rotatable bonds is 48. The van der Waals surface area contributed by atoms with Crippen molar-refractivity contribution in [3.63, 3.8) is 0 Å². The quantitative estimate of drug-likeness (QED) is 0.0262. The first kappa shape index (κ1) is 62.3. The zero-order chi connectivity index (χ0) is 47.9. The maximum atomic E-state index is 12.7. The van der Waals surface area contributed by atoms with Crippen LogP contribution >= 0.6 is 0 Å². The van der Waals surface area contributed by atoms with Crippen LogP contribution in [-0.2, 0) is 28.6 Å². The number of hydrogen-bond donors (Lipinski definition) is 0. The second-order valence-corrected chi connectivity index (χ2v) is 17.8. The minimum absolute atomic E-state index is 0.0882. The number of allylic oxidation sites excluding steroid dienone is 16. The zero-order valence-electron chi connectivity index (χ0n) is 42.9. The van der Waals surface area contributed by atoms with Crippen LogP contribution in [0.25, 0.3) is 0 Å². The molecule has 0 radical (unpaired) electrons. The molecule has 1 unspecified atom stereocenters. The fraction of sp³-hybridized carbons (Fsp3) is 0.683. The van der Waals surface area contributed by atoms with Crippen LogP contribution < -0.4 is 0 Å². The molecule has 0 heterocycles. The van der Waals surface area contributed by atoms with E-state index in [0.717, 1.165) is 141 Å². The van der Waals surface area contributed by atoms with Crippen LogP contribution in [0.3, 0.4) is 0 Å². The molecule has 0 amide bonds. The van der Waals surface area contributed by atoms with Gasteiger partial charge in [0.2, 0.25) is 0 Å². The third-order valence-electron chi connectivity index (χ3n) is 11.3. The van der Waals surface area contributed by atoms with Crippen molar-refractivity contribution in [3.8, 4) is 0 Å². The minimum atomic E-state index is -0.786. The predicted molar refractivity (Wildman–Crippen MR) is 284 cm³/mol. The maximum absolute atomic E-state index is 12.7. The Morgan fingerprint density at radius 2 is 0.591 bits per heavy atom. The van der Waals surface area contributed by atoms with Crippen LogP contribution in [0.2, 0.25) is 0 Å². The van der Waals surface area contributed by atoms with Crippen molar-refractivity contribution in [1.82, 2.24) is 0 Å². The van der Waals surface area contributed by atoms with E-state index in [1.807, 2.05) is 0 Å². The molecule has 1 atom stereocenters. The molecule has 0 spiro atoms. The highest BCUT2D eigenvalue weighted by Crippen LogP contribution is 2.13. The van der Waals surface area contributed by atoms with E-state index in [2.05, 4.69) is 118 Å². The van der Waals surface area contributed by atoms with Crippen molar-refractivity contribution in [1.29, 1.82) is 0 Å². The van der Waals surface area contributed by atoms with Crippen molar-refractivity contribution in [2.24, 2.45) is 0 Å². The van der Waals surface area contributed by atoms with E-state index < -0.39 is 6.10 Å². The van der Waals surface area contributed by atoms with Crippen molar-refractivity contribution in [2.75, 3.05) is 13.2 Å². The lowest BCUT2D eigenvalue weighted by Gasteiger charge is -2.18. The van der Waals surface area contributed by atoms with Gasteiger partial charge in [0, 0.05) is 19.3 Å². The molecular weight excluding hydrogens is 817 g/mol. The van der Waals surface area contributed by atoms with Gasteiger partial charge in [0.05, 0.1) is 0 Å². The van der Waals surface area contributed by atoms with Gasteiger partial charge in [-0.05, 0) is 103 Å². The van der Waals surface area contributed by atoms with E-state index in [4.69, 9.17) is 14.2 Å². The summed E-state index contributed by atoms with van der Waals surface area (Å²) in [6.45, 7) is 6.41. The zero-order valence-corrected chi connectivity index (χ0v) is 42.9. The van der Waals surface area contributed by atoms with Gasteiger partial charge in [-0.1, -0.05) is 221 Å². The standard InChI is InChI=1S/C60H100O6/c1-4-7-10-13-15-17-19-21-23-25-26-27-28-29-30-31-32-33-34-35-37-38-40-42-44-47-50-53-59(62)65-56-57(55-64-58(61)52-49-46-12-9-6-3)66-60(63)54-51-48-45-43-41-39-36-24-22-20-18-16-14-11-8-5-2/h7,10,15,17,21,23-24,26-27,29-30,32-33,35-37,57H,4-6,8-9,11-14,16,18-20,22,25,28,31,34,38-56H2,1-3H3/b10-7-,17-15-,23-21-,27-26-,30-29-,33-32-,36-24-,37-35-. The fourth-order valence-corrected chi connectivity index (χ4v) is 7.24. The highest BCUT2D eigenvalue weighted by molar-refractivity contribution is 5.71. The normalized spacial score (nSPS) is 12.8. The minimum Gasteiger partial charge on any atom is -0.462 e. The Morgan fingerprint density at radius 1 is 0.318 bits per heavy atom. The smallest absolute Gasteiger partial charge is 0.306 e. The van der Waals surface area contributed by atoms with Crippen molar-refractivity contribution in [3.05, 3.63) is 97.2 Å². The summed E-state index contributed by atoms with van der Waals surface area (Å²) in [6, 6.07) is 0. The third-order valence-corrected chi connectivity index (χ3v) is 11.3. The van der Waals surface area contributed by atoms with Crippen LogP contribution in [0.15, 0.2) is 97.2 Å². The molecule has 6 nitrogen and oxygen atoms in total. The predicted octanol–water partition coefficient (Wildman–Crippen LogP) is 18.1. The van der Waals surface area contributed by atoms with Gasteiger partial charge < -0.3 is 14.2 Å². The first-order valence-electron chi connectivity index (χ1n) is 27.2. The Labute approximate surface area is 407 Å². The Bertz CT molecular complexity index is 1330. The summed E-state index contributed by atoms with van der Waals surface area (Å²) in [7, 11) is 0. The van der Waals surface area contributed by atoms with Crippen LogP contribution in [-0.4, -0.2) is 37.2 Å².